The van der Waals surface area contributed by atoms with Crippen LogP contribution in [0.5, 0.6) is 0 Å². The minimum absolute atomic E-state index is 0.0108. The van der Waals surface area contributed by atoms with E-state index in [4.69, 9.17) is 23.2 Å². The van der Waals surface area contributed by atoms with E-state index in [2.05, 4.69) is 4.99 Å². The highest BCUT2D eigenvalue weighted by molar-refractivity contribution is 6.73. The van der Waals surface area contributed by atoms with E-state index >= 15 is 0 Å². The monoisotopic (exact) mass is 384 g/mol. The molecular weight excluding hydrogens is 371 g/mol. The molecule has 0 unspecified atom stereocenters. The Balaban J connectivity index is 2.08. The molecule has 3 rings (SSSR count). The molecule has 0 saturated carbocycles. The Bertz CT molecular complexity index is 888. The zero-order valence-corrected chi connectivity index (χ0v) is 15.1. The summed E-state index contributed by atoms with van der Waals surface area (Å²) in [7, 11) is 0. The molecule has 0 amide bonds. The van der Waals surface area contributed by atoms with E-state index in [1.54, 1.807) is 0 Å². The second-order valence-electron chi connectivity index (χ2n) is 5.57. The van der Waals surface area contributed by atoms with Gasteiger partial charge in [0.25, 0.3) is 5.69 Å². The molecule has 0 radical (unpaired) electrons. The quantitative estimate of drug-likeness (QED) is 0.232. The first-order valence-electron chi connectivity index (χ1n) is 7.81. The van der Waals surface area contributed by atoms with Gasteiger partial charge in [0.15, 0.2) is 0 Å². The molecule has 3 aromatic rings. The summed E-state index contributed by atoms with van der Waals surface area (Å²) in [5.74, 6) is 0. The Kier molecular flexibility index (Phi) is 5.35. The van der Waals surface area contributed by atoms with Crippen molar-refractivity contribution in [3.63, 3.8) is 0 Å². The van der Waals surface area contributed by atoms with Gasteiger partial charge in [-0.3, -0.25) is 10.1 Å². The lowest BCUT2D eigenvalue weighted by Crippen LogP contribution is -2.27. The Labute approximate surface area is 160 Å². The number of aliphatic imine (C=N–C) groups is 1. The summed E-state index contributed by atoms with van der Waals surface area (Å²) in [6.07, 6.45) is 0. The molecule has 0 bridgehead atoms. The van der Waals surface area contributed by atoms with E-state index in [9.17, 15) is 10.1 Å². The lowest BCUT2D eigenvalue weighted by molar-refractivity contribution is -0.384. The number of hydrogen-bond donors (Lipinski definition) is 0. The third-order valence-electron chi connectivity index (χ3n) is 3.92. The first-order chi connectivity index (χ1) is 12.5. The minimum Gasteiger partial charge on any atom is -0.258 e. The SMILES string of the molecule is O=[N+]([O-])c1ccc(N=C(Cl)C(Cl)(c2ccccc2)c2ccccc2)cc1. The van der Waals surface area contributed by atoms with Crippen molar-refractivity contribution in [3.05, 3.63) is 106 Å². The van der Waals surface area contributed by atoms with Crippen molar-refractivity contribution < 1.29 is 4.92 Å². The maximum absolute atomic E-state index is 10.8. The van der Waals surface area contributed by atoms with E-state index in [1.807, 2.05) is 60.7 Å². The van der Waals surface area contributed by atoms with Crippen LogP contribution in [-0.2, 0) is 4.87 Å². The molecule has 130 valence electrons. The molecular formula is C20H14Cl2N2O2. The van der Waals surface area contributed by atoms with Crippen LogP contribution in [0.4, 0.5) is 11.4 Å². The van der Waals surface area contributed by atoms with Crippen LogP contribution in [0.1, 0.15) is 11.1 Å². The predicted octanol–water partition coefficient (Wildman–Crippen LogP) is 6.05. The van der Waals surface area contributed by atoms with Crippen LogP contribution in [-0.4, -0.2) is 10.1 Å². The summed E-state index contributed by atoms with van der Waals surface area (Å²) < 4.78 is 0. The topological polar surface area (TPSA) is 55.5 Å². The number of halogens is 2. The number of nitrogens with zero attached hydrogens (tertiary/aromatic N) is 2. The molecule has 0 spiro atoms. The summed E-state index contributed by atoms with van der Waals surface area (Å²) in [5, 5.41) is 10.9. The lowest BCUT2D eigenvalue weighted by Gasteiger charge is -2.27. The molecule has 0 fully saturated rings. The highest BCUT2D eigenvalue weighted by Gasteiger charge is 2.37. The van der Waals surface area contributed by atoms with Crippen LogP contribution in [0.3, 0.4) is 0 Å². The van der Waals surface area contributed by atoms with Gasteiger partial charge in [-0.15, -0.1) is 11.6 Å². The largest absolute Gasteiger partial charge is 0.269 e. The number of non-ortho nitro benzene ring substituents is 1. The molecule has 0 N–H and O–H groups in total. The summed E-state index contributed by atoms with van der Waals surface area (Å²) >= 11 is 13.6. The Hall–Kier alpha value is -2.69. The maximum Gasteiger partial charge on any atom is 0.269 e. The average Bonchev–Trinajstić information content (AvgIpc) is 2.69. The van der Waals surface area contributed by atoms with Crippen LogP contribution in [0.25, 0.3) is 0 Å². The van der Waals surface area contributed by atoms with Gasteiger partial charge in [-0.2, -0.15) is 0 Å². The molecule has 0 atom stereocenters. The molecule has 0 heterocycles. The third-order valence-corrected chi connectivity index (χ3v) is 5.00. The molecule has 0 aromatic heterocycles. The second kappa shape index (κ2) is 7.68. The van der Waals surface area contributed by atoms with Crippen molar-refractivity contribution >= 4 is 39.7 Å². The molecule has 0 aliphatic rings. The summed E-state index contributed by atoms with van der Waals surface area (Å²) in [6, 6.07) is 24.7. The standard InChI is InChI=1S/C20H14Cl2N2O2/c21-19(23-17-11-13-18(14-12-17)24(25)26)20(22,15-7-3-1-4-8-15)16-9-5-2-6-10-16/h1-14H. The van der Waals surface area contributed by atoms with E-state index in [1.165, 1.54) is 24.3 Å². The normalized spacial score (nSPS) is 12.0. The van der Waals surface area contributed by atoms with Crippen LogP contribution >= 0.6 is 23.2 Å². The molecule has 26 heavy (non-hydrogen) atoms. The Morgan fingerprint density at radius 1 is 0.846 bits per heavy atom. The zero-order valence-electron chi connectivity index (χ0n) is 13.5. The molecule has 6 heteroatoms. The van der Waals surface area contributed by atoms with Gasteiger partial charge in [0.2, 0.25) is 0 Å². The third kappa shape index (κ3) is 3.62. The van der Waals surface area contributed by atoms with Gasteiger partial charge in [-0.1, -0.05) is 72.3 Å². The number of alkyl halides is 1. The predicted molar refractivity (Wildman–Crippen MR) is 106 cm³/mol. The van der Waals surface area contributed by atoms with Gasteiger partial charge < -0.3 is 0 Å². The average molecular weight is 385 g/mol. The number of benzene rings is 3. The van der Waals surface area contributed by atoms with Crippen molar-refractivity contribution in [1.82, 2.24) is 0 Å². The number of rotatable bonds is 5. The van der Waals surface area contributed by atoms with Crippen molar-refractivity contribution in [1.29, 1.82) is 0 Å². The van der Waals surface area contributed by atoms with Crippen molar-refractivity contribution in [2.45, 2.75) is 4.87 Å². The molecule has 0 aliphatic heterocycles. The highest BCUT2D eigenvalue weighted by atomic mass is 35.5. The fourth-order valence-electron chi connectivity index (χ4n) is 2.58. The second-order valence-corrected chi connectivity index (χ2v) is 6.49. The van der Waals surface area contributed by atoms with Crippen molar-refractivity contribution in [3.8, 4) is 0 Å². The minimum atomic E-state index is -1.16. The Morgan fingerprint density at radius 3 is 1.73 bits per heavy atom. The van der Waals surface area contributed by atoms with E-state index < -0.39 is 9.80 Å². The van der Waals surface area contributed by atoms with Crippen LogP contribution in [0.2, 0.25) is 0 Å². The number of hydrogen-bond acceptors (Lipinski definition) is 3. The van der Waals surface area contributed by atoms with E-state index in [0.717, 1.165) is 11.1 Å². The van der Waals surface area contributed by atoms with Crippen molar-refractivity contribution in [2.75, 3.05) is 0 Å². The van der Waals surface area contributed by atoms with Gasteiger partial charge in [-0.25, -0.2) is 4.99 Å². The summed E-state index contributed by atoms with van der Waals surface area (Å²) in [5.41, 5.74) is 2.04. The van der Waals surface area contributed by atoms with Gasteiger partial charge in [-0.05, 0) is 23.3 Å². The molecule has 4 nitrogen and oxygen atoms in total. The molecule has 3 aromatic carbocycles. The smallest absolute Gasteiger partial charge is 0.258 e. The number of nitro groups is 1. The highest BCUT2D eigenvalue weighted by Crippen LogP contribution is 2.40. The number of nitro benzene ring substituents is 1. The van der Waals surface area contributed by atoms with Gasteiger partial charge in [0.05, 0.1) is 10.6 Å². The zero-order chi connectivity index (χ0) is 18.6. The van der Waals surface area contributed by atoms with Gasteiger partial charge >= 0.3 is 0 Å². The summed E-state index contributed by atoms with van der Waals surface area (Å²) in [6.45, 7) is 0. The van der Waals surface area contributed by atoms with Crippen LogP contribution in [0, 0.1) is 10.1 Å². The first kappa shape index (κ1) is 18.1. The molecule has 0 saturated heterocycles. The fourth-order valence-corrected chi connectivity index (χ4v) is 3.19. The van der Waals surface area contributed by atoms with Gasteiger partial charge in [0.1, 0.15) is 10.0 Å². The Morgan fingerprint density at radius 2 is 1.31 bits per heavy atom. The maximum atomic E-state index is 10.8. The van der Waals surface area contributed by atoms with E-state index in [0.29, 0.717) is 5.69 Å². The van der Waals surface area contributed by atoms with E-state index in [-0.39, 0.29) is 10.9 Å². The molecule has 0 aliphatic carbocycles. The van der Waals surface area contributed by atoms with Crippen LogP contribution in [0.15, 0.2) is 89.9 Å². The lowest BCUT2D eigenvalue weighted by atomic mass is 9.91. The van der Waals surface area contributed by atoms with Gasteiger partial charge in [0, 0.05) is 12.1 Å². The van der Waals surface area contributed by atoms with Crippen molar-refractivity contribution in [2.24, 2.45) is 4.99 Å². The first-order valence-corrected chi connectivity index (χ1v) is 8.56. The fraction of sp³-hybridized carbons (Fsp3) is 0.0500. The summed E-state index contributed by atoms with van der Waals surface area (Å²) in [4.78, 5) is 13.6. The van der Waals surface area contributed by atoms with Crippen LogP contribution < -0.4 is 0 Å².